The molecule has 1 amide bonds. The van der Waals surface area contributed by atoms with E-state index in [1.807, 2.05) is 12.1 Å². The number of rotatable bonds is 6. The van der Waals surface area contributed by atoms with E-state index in [1.165, 1.54) is 34.9 Å². The number of carboxylic acid groups (broad SMARTS) is 1. The van der Waals surface area contributed by atoms with Crippen molar-refractivity contribution in [2.75, 3.05) is 7.05 Å². The van der Waals surface area contributed by atoms with Gasteiger partial charge in [0.05, 0.1) is 25.1 Å². The molecule has 0 atom stereocenters. The number of benzene rings is 3. The van der Waals surface area contributed by atoms with Crippen LogP contribution in [0.5, 0.6) is 5.75 Å². The summed E-state index contributed by atoms with van der Waals surface area (Å²) in [5.41, 5.74) is 2.78. The molecule has 0 radical (unpaired) electrons. The van der Waals surface area contributed by atoms with E-state index in [9.17, 15) is 19.1 Å². The number of carboxylic acids is 1. The van der Waals surface area contributed by atoms with E-state index in [0.717, 1.165) is 11.1 Å². The molecule has 0 aliphatic carbocycles. The van der Waals surface area contributed by atoms with Crippen molar-refractivity contribution in [3.05, 3.63) is 96.5 Å². The molecule has 0 saturated carbocycles. The van der Waals surface area contributed by atoms with Gasteiger partial charge in [-0.3, -0.25) is 9.69 Å². The minimum absolute atomic E-state index is 0.168. The molecule has 1 aliphatic rings. The normalized spacial score (nSPS) is 15.7. The Labute approximate surface area is 228 Å². The molecule has 1 aliphatic heterocycles. The third-order valence-electron chi connectivity index (χ3n) is 5.37. The maximum atomic E-state index is 13.1. The van der Waals surface area contributed by atoms with Gasteiger partial charge in [0.1, 0.15) is 18.2 Å². The van der Waals surface area contributed by atoms with Crippen molar-refractivity contribution in [1.29, 1.82) is 0 Å². The standard InChI is InChI=1S/C26H19Br2FN2O4S/c1-14-18(25(33)34)4-3-5-21(14)30-26-31(2)24(32)22(36-26)12-16-10-19(27)23(20(28)11-16)35-13-15-6-8-17(29)9-7-15/h3-12H,13H2,1-2H3,(H,33,34)/b22-12-,30-26?. The molecule has 0 bridgehead atoms. The zero-order valence-corrected chi connectivity index (χ0v) is 23.1. The predicted molar refractivity (Wildman–Crippen MR) is 146 cm³/mol. The second kappa shape index (κ2) is 11.0. The fraction of sp³-hybridized carbons (Fsp3) is 0.115. The summed E-state index contributed by atoms with van der Waals surface area (Å²) < 4.78 is 20.4. The van der Waals surface area contributed by atoms with Crippen LogP contribution >= 0.6 is 43.6 Å². The van der Waals surface area contributed by atoms with E-state index in [1.54, 1.807) is 44.3 Å². The number of nitrogens with zero attached hydrogens (tertiary/aromatic N) is 2. The zero-order valence-electron chi connectivity index (χ0n) is 19.1. The van der Waals surface area contributed by atoms with Crippen LogP contribution < -0.4 is 4.74 Å². The number of carbonyl (C=O) groups is 2. The van der Waals surface area contributed by atoms with Crippen molar-refractivity contribution >= 4 is 72.4 Å². The number of thioether (sulfide) groups is 1. The van der Waals surface area contributed by atoms with E-state index in [4.69, 9.17) is 4.74 Å². The van der Waals surface area contributed by atoms with Crippen LogP contribution in [0.3, 0.4) is 0 Å². The van der Waals surface area contributed by atoms with Gasteiger partial charge in [-0.15, -0.1) is 0 Å². The fourth-order valence-electron chi connectivity index (χ4n) is 3.42. The summed E-state index contributed by atoms with van der Waals surface area (Å²) in [7, 11) is 1.63. The Balaban J connectivity index is 1.56. The summed E-state index contributed by atoms with van der Waals surface area (Å²) in [6.07, 6.45) is 1.76. The topological polar surface area (TPSA) is 79.2 Å². The zero-order chi connectivity index (χ0) is 26.0. The second-order valence-corrected chi connectivity index (χ2v) is 10.6. The van der Waals surface area contributed by atoms with Crippen LogP contribution in [0, 0.1) is 12.7 Å². The van der Waals surface area contributed by atoms with Gasteiger partial charge in [-0.1, -0.05) is 18.2 Å². The number of hydrogen-bond acceptors (Lipinski definition) is 5. The molecule has 3 aromatic rings. The van der Waals surface area contributed by atoms with Gasteiger partial charge in [0.15, 0.2) is 5.17 Å². The molecule has 1 heterocycles. The number of halogens is 3. The Kier molecular flexibility index (Phi) is 7.97. The van der Waals surface area contributed by atoms with E-state index in [-0.39, 0.29) is 23.9 Å². The Morgan fingerprint density at radius 1 is 1.17 bits per heavy atom. The van der Waals surface area contributed by atoms with E-state index in [0.29, 0.717) is 36.0 Å². The first-order valence-electron chi connectivity index (χ1n) is 10.6. The minimum atomic E-state index is -1.03. The fourth-order valence-corrected chi connectivity index (χ4v) is 5.85. The molecule has 0 unspecified atom stereocenters. The number of likely N-dealkylation sites (N-methyl/N-ethyl adjacent to an activating group) is 1. The first-order chi connectivity index (χ1) is 17.1. The molecular formula is C26H19Br2FN2O4S. The van der Waals surface area contributed by atoms with Crippen molar-refractivity contribution in [2.24, 2.45) is 4.99 Å². The molecule has 1 saturated heterocycles. The largest absolute Gasteiger partial charge is 0.487 e. The molecule has 1 fully saturated rings. The average molecular weight is 634 g/mol. The molecule has 10 heteroatoms. The summed E-state index contributed by atoms with van der Waals surface area (Å²) in [6.45, 7) is 1.95. The number of ether oxygens (including phenoxy) is 1. The highest BCUT2D eigenvalue weighted by Crippen LogP contribution is 2.38. The maximum Gasteiger partial charge on any atom is 0.336 e. The van der Waals surface area contributed by atoms with Crippen LogP contribution in [0.1, 0.15) is 27.0 Å². The van der Waals surface area contributed by atoms with Crippen molar-refractivity contribution in [3.63, 3.8) is 0 Å². The van der Waals surface area contributed by atoms with Crippen LogP contribution in [0.2, 0.25) is 0 Å². The maximum absolute atomic E-state index is 13.1. The summed E-state index contributed by atoms with van der Waals surface area (Å²) in [5, 5.41) is 9.81. The van der Waals surface area contributed by atoms with E-state index in [2.05, 4.69) is 36.9 Å². The summed E-state index contributed by atoms with van der Waals surface area (Å²) in [5.74, 6) is -0.963. The van der Waals surface area contributed by atoms with Gasteiger partial charge in [0, 0.05) is 7.05 Å². The highest BCUT2D eigenvalue weighted by molar-refractivity contribution is 9.11. The Bertz CT molecular complexity index is 1400. The second-order valence-electron chi connectivity index (χ2n) is 7.85. The van der Waals surface area contributed by atoms with Crippen LogP contribution in [0.15, 0.2) is 73.4 Å². The molecule has 6 nitrogen and oxygen atoms in total. The Morgan fingerprint density at radius 2 is 1.83 bits per heavy atom. The van der Waals surface area contributed by atoms with Gasteiger partial charge < -0.3 is 9.84 Å². The first kappa shape index (κ1) is 26.1. The van der Waals surface area contributed by atoms with Crippen LogP contribution in [0.25, 0.3) is 6.08 Å². The minimum Gasteiger partial charge on any atom is -0.487 e. The molecule has 0 spiro atoms. The quantitative estimate of drug-likeness (QED) is 0.291. The molecule has 184 valence electrons. The Hall–Kier alpha value is -2.95. The average Bonchev–Trinajstić information content (AvgIpc) is 3.08. The number of aliphatic imine (C=N–C) groups is 1. The van der Waals surface area contributed by atoms with E-state index >= 15 is 0 Å². The lowest BCUT2D eigenvalue weighted by molar-refractivity contribution is -0.121. The lowest BCUT2D eigenvalue weighted by Gasteiger charge is -2.12. The van der Waals surface area contributed by atoms with Gasteiger partial charge in [0.2, 0.25) is 0 Å². The van der Waals surface area contributed by atoms with Gasteiger partial charge >= 0.3 is 5.97 Å². The van der Waals surface area contributed by atoms with Gasteiger partial charge in [-0.05, 0) is 110 Å². The van der Waals surface area contributed by atoms with Gasteiger partial charge in [-0.2, -0.15) is 0 Å². The number of hydrogen-bond donors (Lipinski definition) is 1. The third-order valence-corrected chi connectivity index (χ3v) is 7.61. The van der Waals surface area contributed by atoms with E-state index < -0.39 is 5.97 Å². The predicted octanol–water partition coefficient (Wildman–Crippen LogP) is 7.17. The van der Waals surface area contributed by atoms with Crippen LogP contribution in [0.4, 0.5) is 10.1 Å². The highest BCUT2D eigenvalue weighted by atomic mass is 79.9. The molecular weight excluding hydrogens is 615 g/mol. The molecule has 1 N–H and O–H groups in total. The smallest absolute Gasteiger partial charge is 0.336 e. The van der Waals surface area contributed by atoms with Gasteiger partial charge in [-0.25, -0.2) is 14.2 Å². The molecule has 36 heavy (non-hydrogen) atoms. The molecule has 4 rings (SSSR count). The summed E-state index contributed by atoms with van der Waals surface area (Å²) >= 11 is 8.26. The van der Waals surface area contributed by atoms with Crippen molar-refractivity contribution < 1.29 is 23.8 Å². The number of amides is 1. The van der Waals surface area contributed by atoms with Crippen molar-refractivity contribution in [1.82, 2.24) is 4.90 Å². The number of carbonyl (C=O) groups excluding carboxylic acids is 1. The summed E-state index contributed by atoms with van der Waals surface area (Å²) in [4.78, 5) is 30.8. The SMILES string of the molecule is Cc1c(N=C2S/C(=C\c3cc(Br)c(OCc4ccc(F)cc4)c(Br)c3)C(=O)N2C)cccc1C(=O)O. The Morgan fingerprint density at radius 3 is 2.47 bits per heavy atom. The first-order valence-corrected chi connectivity index (χ1v) is 13.0. The lowest BCUT2D eigenvalue weighted by Crippen LogP contribution is -2.23. The number of aromatic carboxylic acids is 1. The third kappa shape index (κ3) is 5.71. The monoisotopic (exact) mass is 632 g/mol. The molecule has 3 aromatic carbocycles. The lowest BCUT2D eigenvalue weighted by atomic mass is 10.1. The number of amidine groups is 1. The van der Waals surface area contributed by atoms with Crippen LogP contribution in [-0.2, 0) is 11.4 Å². The van der Waals surface area contributed by atoms with Crippen molar-refractivity contribution in [3.8, 4) is 5.75 Å². The molecule has 0 aromatic heterocycles. The van der Waals surface area contributed by atoms with Crippen LogP contribution in [-0.4, -0.2) is 34.1 Å². The van der Waals surface area contributed by atoms with Crippen molar-refractivity contribution in [2.45, 2.75) is 13.5 Å². The summed E-state index contributed by atoms with van der Waals surface area (Å²) in [6, 6.07) is 14.6. The van der Waals surface area contributed by atoms with Gasteiger partial charge in [0.25, 0.3) is 5.91 Å². The highest BCUT2D eigenvalue weighted by Gasteiger charge is 2.30.